The van der Waals surface area contributed by atoms with Crippen LogP contribution in [0.15, 0.2) is 18.2 Å². The number of carbonyl (C=O) groups is 1. The summed E-state index contributed by atoms with van der Waals surface area (Å²) in [6.45, 7) is 2.05. The lowest BCUT2D eigenvalue weighted by Gasteiger charge is -2.19. The second kappa shape index (κ2) is 4.95. The molecular weight excluding hydrogens is 278 g/mol. The zero-order chi connectivity index (χ0) is 15.1. The highest BCUT2D eigenvalue weighted by atomic mass is 19.1. The van der Waals surface area contributed by atoms with E-state index in [0.29, 0.717) is 30.0 Å². The summed E-state index contributed by atoms with van der Waals surface area (Å²) in [7, 11) is 0. The zero-order valence-corrected chi connectivity index (χ0v) is 11.4. The third-order valence-corrected chi connectivity index (χ3v) is 3.86. The number of aromatic nitrogens is 2. The average molecular weight is 292 g/mol. The largest absolute Gasteiger partial charge is 0.476 e. The number of carboxylic acids is 1. The predicted molar refractivity (Wildman–Crippen MR) is 71.6 cm³/mol. The van der Waals surface area contributed by atoms with Gasteiger partial charge in [0, 0.05) is 17.3 Å². The van der Waals surface area contributed by atoms with Crippen LogP contribution in [0.25, 0.3) is 5.69 Å². The van der Waals surface area contributed by atoms with Crippen LogP contribution in [0.5, 0.6) is 0 Å². The van der Waals surface area contributed by atoms with Crippen LogP contribution in [0.2, 0.25) is 0 Å². The van der Waals surface area contributed by atoms with E-state index in [-0.39, 0.29) is 11.4 Å². The Morgan fingerprint density at radius 2 is 2.19 bits per heavy atom. The van der Waals surface area contributed by atoms with Gasteiger partial charge in [0.2, 0.25) is 0 Å². The van der Waals surface area contributed by atoms with Gasteiger partial charge in [0.15, 0.2) is 11.5 Å². The summed E-state index contributed by atoms with van der Waals surface area (Å²) in [6, 6.07) is 3.19. The van der Waals surface area contributed by atoms with Crippen molar-refractivity contribution in [3.63, 3.8) is 0 Å². The molecule has 0 saturated carbocycles. The summed E-state index contributed by atoms with van der Waals surface area (Å²) in [5.41, 5.74) is 1.40. The quantitative estimate of drug-likeness (QED) is 0.925. The standard InChI is InChI=1S/C15H14F2N2O2/c1-8-2-4-12-10(6-8)14(15(20)21)18-19(12)13-5-3-9(16)7-11(13)17/h3,5,7-8H,2,4,6H2,1H3,(H,20,21). The molecule has 0 fully saturated rings. The van der Waals surface area contributed by atoms with Gasteiger partial charge >= 0.3 is 5.97 Å². The van der Waals surface area contributed by atoms with Gasteiger partial charge < -0.3 is 5.11 Å². The van der Waals surface area contributed by atoms with Gasteiger partial charge in [-0.25, -0.2) is 18.3 Å². The van der Waals surface area contributed by atoms with E-state index in [4.69, 9.17) is 0 Å². The van der Waals surface area contributed by atoms with Crippen molar-refractivity contribution < 1.29 is 18.7 Å². The first-order valence-corrected chi connectivity index (χ1v) is 6.77. The van der Waals surface area contributed by atoms with Crippen LogP contribution in [0.1, 0.15) is 35.1 Å². The molecule has 0 radical (unpaired) electrons. The minimum atomic E-state index is -1.12. The van der Waals surface area contributed by atoms with Gasteiger partial charge in [-0.05, 0) is 37.3 Å². The second-order valence-electron chi connectivity index (χ2n) is 5.43. The molecule has 1 aromatic carbocycles. The molecule has 1 aliphatic carbocycles. The summed E-state index contributed by atoms with van der Waals surface area (Å²) >= 11 is 0. The van der Waals surface area contributed by atoms with Crippen LogP contribution in [-0.2, 0) is 12.8 Å². The zero-order valence-electron chi connectivity index (χ0n) is 11.4. The molecule has 110 valence electrons. The highest BCUT2D eigenvalue weighted by molar-refractivity contribution is 5.87. The molecule has 0 saturated heterocycles. The van der Waals surface area contributed by atoms with Gasteiger partial charge in [-0.2, -0.15) is 5.10 Å². The monoisotopic (exact) mass is 292 g/mol. The van der Waals surface area contributed by atoms with E-state index < -0.39 is 17.6 Å². The Bertz CT molecular complexity index is 725. The Kier molecular flexibility index (Phi) is 3.23. The Hall–Kier alpha value is -2.24. The van der Waals surface area contributed by atoms with Crippen LogP contribution in [0.4, 0.5) is 8.78 Å². The van der Waals surface area contributed by atoms with Gasteiger partial charge in [0.05, 0.1) is 0 Å². The van der Waals surface area contributed by atoms with Crippen molar-refractivity contribution in [1.82, 2.24) is 9.78 Å². The van der Waals surface area contributed by atoms with Crippen molar-refractivity contribution in [2.75, 3.05) is 0 Å². The molecule has 2 aromatic rings. The lowest BCUT2D eigenvalue weighted by molar-refractivity contribution is 0.0688. The molecule has 1 N–H and O–H groups in total. The smallest absolute Gasteiger partial charge is 0.356 e. The van der Waals surface area contributed by atoms with Gasteiger partial charge in [-0.3, -0.25) is 0 Å². The van der Waals surface area contributed by atoms with Gasteiger partial charge in [-0.1, -0.05) is 6.92 Å². The summed E-state index contributed by atoms with van der Waals surface area (Å²) in [6.07, 6.45) is 2.13. The Morgan fingerprint density at radius 3 is 2.86 bits per heavy atom. The molecule has 1 unspecified atom stereocenters. The third-order valence-electron chi connectivity index (χ3n) is 3.86. The van der Waals surface area contributed by atoms with Gasteiger partial charge in [-0.15, -0.1) is 0 Å². The number of hydrogen-bond donors (Lipinski definition) is 1. The molecule has 1 aliphatic rings. The van der Waals surface area contributed by atoms with E-state index in [2.05, 4.69) is 5.10 Å². The second-order valence-corrected chi connectivity index (χ2v) is 5.43. The minimum Gasteiger partial charge on any atom is -0.476 e. The van der Waals surface area contributed by atoms with Crippen molar-refractivity contribution in [3.05, 3.63) is 46.8 Å². The summed E-state index contributed by atoms with van der Waals surface area (Å²) < 4.78 is 28.3. The molecule has 3 rings (SSSR count). The third kappa shape index (κ3) is 2.30. The fourth-order valence-electron chi connectivity index (χ4n) is 2.81. The molecule has 0 bridgehead atoms. The maximum absolute atomic E-state index is 13.9. The van der Waals surface area contributed by atoms with E-state index >= 15 is 0 Å². The fraction of sp³-hybridized carbons (Fsp3) is 0.333. The summed E-state index contributed by atoms with van der Waals surface area (Å²) in [5, 5.41) is 13.3. The first-order valence-electron chi connectivity index (χ1n) is 6.77. The van der Waals surface area contributed by atoms with Crippen LogP contribution < -0.4 is 0 Å². The predicted octanol–water partition coefficient (Wildman–Crippen LogP) is 2.97. The van der Waals surface area contributed by atoms with Crippen molar-refractivity contribution in [3.8, 4) is 5.69 Å². The molecule has 6 heteroatoms. The normalized spacial score (nSPS) is 17.6. The maximum Gasteiger partial charge on any atom is 0.356 e. The van der Waals surface area contributed by atoms with Crippen molar-refractivity contribution in [2.45, 2.75) is 26.2 Å². The molecule has 1 aromatic heterocycles. The van der Waals surface area contributed by atoms with Crippen molar-refractivity contribution >= 4 is 5.97 Å². The van der Waals surface area contributed by atoms with Crippen LogP contribution in [-0.4, -0.2) is 20.9 Å². The van der Waals surface area contributed by atoms with E-state index in [1.165, 1.54) is 10.7 Å². The summed E-state index contributed by atoms with van der Waals surface area (Å²) in [4.78, 5) is 11.3. The van der Waals surface area contributed by atoms with Gasteiger partial charge in [0.1, 0.15) is 11.5 Å². The lowest BCUT2D eigenvalue weighted by atomic mass is 9.87. The number of fused-ring (bicyclic) bond motifs is 1. The molecule has 0 aliphatic heterocycles. The lowest BCUT2D eigenvalue weighted by Crippen LogP contribution is -2.15. The molecule has 0 amide bonds. The minimum absolute atomic E-state index is 0.0414. The molecule has 21 heavy (non-hydrogen) atoms. The highest BCUT2D eigenvalue weighted by Gasteiger charge is 2.28. The Labute approximate surface area is 120 Å². The number of nitrogens with zero attached hydrogens (tertiary/aromatic N) is 2. The van der Waals surface area contributed by atoms with E-state index in [1.54, 1.807) is 0 Å². The van der Waals surface area contributed by atoms with Crippen LogP contribution in [0, 0.1) is 17.6 Å². The molecular formula is C15H14F2N2O2. The van der Waals surface area contributed by atoms with E-state index in [9.17, 15) is 18.7 Å². The van der Waals surface area contributed by atoms with E-state index in [0.717, 1.165) is 18.6 Å². The number of hydrogen-bond acceptors (Lipinski definition) is 2. The number of benzene rings is 1. The van der Waals surface area contributed by atoms with E-state index in [1.807, 2.05) is 6.92 Å². The molecule has 1 atom stereocenters. The number of carboxylic acid groups (broad SMARTS) is 1. The maximum atomic E-state index is 13.9. The average Bonchev–Trinajstić information content (AvgIpc) is 2.77. The molecule has 0 spiro atoms. The van der Waals surface area contributed by atoms with Crippen LogP contribution >= 0.6 is 0 Å². The molecule has 1 heterocycles. The van der Waals surface area contributed by atoms with Crippen molar-refractivity contribution in [1.29, 1.82) is 0 Å². The number of halogens is 2. The Morgan fingerprint density at radius 1 is 1.43 bits per heavy atom. The fourth-order valence-corrected chi connectivity index (χ4v) is 2.81. The SMILES string of the molecule is CC1CCc2c(c(C(=O)O)nn2-c2ccc(F)cc2F)C1. The first kappa shape index (κ1) is 13.7. The topological polar surface area (TPSA) is 55.1 Å². The number of aromatic carboxylic acids is 1. The first-order chi connectivity index (χ1) is 9.97. The Balaban J connectivity index is 2.19. The highest BCUT2D eigenvalue weighted by Crippen LogP contribution is 2.30. The van der Waals surface area contributed by atoms with Gasteiger partial charge in [0.25, 0.3) is 0 Å². The number of rotatable bonds is 2. The van der Waals surface area contributed by atoms with Crippen LogP contribution in [0.3, 0.4) is 0 Å². The molecule has 4 nitrogen and oxygen atoms in total. The summed E-state index contributed by atoms with van der Waals surface area (Å²) in [5.74, 6) is -2.19. The van der Waals surface area contributed by atoms with Crippen molar-refractivity contribution in [2.24, 2.45) is 5.92 Å².